The summed E-state index contributed by atoms with van der Waals surface area (Å²) in [6.45, 7) is 2.73. The number of thioether (sulfide) groups is 1. The summed E-state index contributed by atoms with van der Waals surface area (Å²) in [5, 5.41) is 9.65. The van der Waals surface area contributed by atoms with Crippen LogP contribution in [0.2, 0.25) is 5.02 Å². The van der Waals surface area contributed by atoms with E-state index < -0.39 is 0 Å². The highest BCUT2D eigenvalue weighted by Crippen LogP contribution is 2.37. The summed E-state index contributed by atoms with van der Waals surface area (Å²) < 4.78 is 5.59. The molecule has 25 heavy (non-hydrogen) atoms. The van der Waals surface area contributed by atoms with Gasteiger partial charge in [0, 0.05) is 16.7 Å². The van der Waals surface area contributed by atoms with Crippen molar-refractivity contribution < 1.29 is 9.53 Å². The highest BCUT2D eigenvalue weighted by Gasteiger charge is 2.24. The molecule has 2 aromatic rings. The number of amides is 1. The number of carbonyl (C=O) groups is 1. The predicted molar refractivity (Wildman–Crippen MR) is 100 cm³/mol. The quantitative estimate of drug-likeness (QED) is 0.795. The van der Waals surface area contributed by atoms with E-state index in [4.69, 9.17) is 21.6 Å². The zero-order valence-electron chi connectivity index (χ0n) is 13.7. The lowest BCUT2D eigenvalue weighted by molar-refractivity contribution is -0.120. The molecule has 1 aliphatic rings. The molecule has 0 fully saturated rings. The second-order valence-corrected chi connectivity index (χ2v) is 7.66. The maximum Gasteiger partial charge on any atom is 0.264 e. The van der Waals surface area contributed by atoms with Crippen molar-refractivity contribution in [2.45, 2.75) is 23.5 Å². The molecule has 0 saturated heterocycles. The van der Waals surface area contributed by atoms with Crippen LogP contribution in [0.15, 0.2) is 47.4 Å². The Labute approximate surface area is 156 Å². The van der Waals surface area contributed by atoms with Gasteiger partial charge in [0.25, 0.3) is 5.91 Å². The van der Waals surface area contributed by atoms with Gasteiger partial charge in [-0.3, -0.25) is 4.79 Å². The van der Waals surface area contributed by atoms with Gasteiger partial charge in [0.15, 0.2) is 6.61 Å². The van der Waals surface area contributed by atoms with Gasteiger partial charge in [-0.05, 0) is 36.8 Å². The molecule has 1 atom stereocenters. The maximum atomic E-state index is 12.7. The van der Waals surface area contributed by atoms with Crippen LogP contribution in [-0.4, -0.2) is 24.3 Å². The van der Waals surface area contributed by atoms with Gasteiger partial charge in [0.1, 0.15) is 5.75 Å². The molecule has 2 aromatic carbocycles. The first-order valence-corrected chi connectivity index (χ1v) is 9.22. The van der Waals surface area contributed by atoms with Crippen LogP contribution in [-0.2, 0) is 4.79 Å². The predicted octanol–water partition coefficient (Wildman–Crippen LogP) is 4.51. The minimum atomic E-state index is -0.109. The van der Waals surface area contributed by atoms with E-state index in [1.807, 2.05) is 30.3 Å². The Morgan fingerprint density at radius 2 is 2.20 bits per heavy atom. The van der Waals surface area contributed by atoms with E-state index in [0.717, 1.165) is 17.0 Å². The van der Waals surface area contributed by atoms with Crippen LogP contribution >= 0.6 is 23.4 Å². The zero-order chi connectivity index (χ0) is 17.8. The fraction of sp³-hybridized carbons (Fsp3) is 0.263. The fourth-order valence-corrected chi connectivity index (χ4v) is 4.00. The van der Waals surface area contributed by atoms with E-state index >= 15 is 0 Å². The third-order valence-corrected chi connectivity index (χ3v) is 5.49. The molecule has 0 spiro atoms. The molecule has 0 bridgehead atoms. The van der Waals surface area contributed by atoms with Gasteiger partial charge >= 0.3 is 0 Å². The Kier molecular flexibility index (Phi) is 5.52. The van der Waals surface area contributed by atoms with Crippen molar-refractivity contribution in [3.8, 4) is 11.8 Å². The van der Waals surface area contributed by atoms with Gasteiger partial charge in [-0.1, -0.05) is 30.7 Å². The average Bonchev–Trinajstić information content (AvgIpc) is 2.78. The largest absolute Gasteiger partial charge is 0.482 e. The summed E-state index contributed by atoms with van der Waals surface area (Å²) in [5.41, 5.74) is 1.38. The van der Waals surface area contributed by atoms with Crippen LogP contribution in [0.3, 0.4) is 0 Å². The van der Waals surface area contributed by atoms with Gasteiger partial charge < -0.3 is 9.64 Å². The van der Waals surface area contributed by atoms with Crippen LogP contribution < -0.4 is 9.64 Å². The van der Waals surface area contributed by atoms with Crippen molar-refractivity contribution >= 4 is 35.0 Å². The number of fused-ring (bicyclic) bond motifs is 1. The lowest BCUT2D eigenvalue weighted by atomic mass is 10.2. The van der Waals surface area contributed by atoms with E-state index in [-0.39, 0.29) is 12.5 Å². The molecule has 3 rings (SSSR count). The van der Waals surface area contributed by atoms with E-state index in [1.54, 1.807) is 28.8 Å². The highest BCUT2D eigenvalue weighted by molar-refractivity contribution is 8.00. The summed E-state index contributed by atoms with van der Waals surface area (Å²) in [6, 6.07) is 14.7. The summed E-state index contributed by atoms with van der Waals surface area (Å²) in [4.78, 5) is 15.6. The third kappa shape index (κ3) is 4.09. The van der Waals surface area contributed by atoms with Crippen LogP contribution in [0.1, 0.15) is 18.9 Å². The summed E-state index contributed by atoms with van der Waals surface area (Å²) in [6.07, 6.45) is 0.919. The normalized spacial score (nSPS) is 16.5. The van der Waals surface area contributed by atoms with Crippen molar-refractivity contribution in [1.82, 2.24) is 0 Å². The Bertz CT molecular complexity index is 834. The Morgan fingerprint density at radius 1 is 1.40 bits per heavy atom. The molecule has 0 unspecified atom stereocenters. The van der Waals surface area contributed by atoms with Gasteiger partial charge in [-0.25, -0.2) is 0 Å². The highest BCUT2D eigenvalue weighted by atomic mass is 35.5. The molecule has 4 nitrogen and oxygen atoms in total. The smallest absolute Gasteiger partial charge is 0.264 e. The summed E-state index contributed by atoms with van der Waals surface area (Å²) >= 11 is 7.89. The standard InChI is InChI=1S/C19H17ClN2O2S/c1-13-8-9-22(16-4-2-3-5-18(16)25-13)19(23)12-24-17-7-6-14(11-21)10-15(17)20/h2-7,10,13H,8-9,12H2,1H3/t13-/m0/s1. The molecule has 0 aliphatic carbocycles. The number of nitriles is 1. The molecule has 6 heteroatoms. The number of benzene rings is 2. The summed E-state index contributed by atoms with van der Waals surface area (Å²) in [5.74, 6) is 0.294. The molecule has 1 amide bonds. The van der Waals surface area contributed by atoms with Gasteiger partial charge in [-0.2, -0.15) is 5.26 Å². The molecule has 0 radical (unpaired) electrons. The maximum absolute atomic E-state index is 12.7. The lowest BCUT2D eigenvalue weighted by Gasteiger charge is -2.22. The Hall–Kier alpha value is -2.16. The summed E-state index contributed by atoms with van der Waals surface area (Å²) in [7, 11) is 0. The number of rotatable bonds is 3. The molecule has 0 N–H and O–H groups in total. The molecule has 0 saturated carbocycles. The minimum Gasteiger partial charge on any atom is -0.482 e. The number of carbonyl (C=O) groups excluding carboxylic acids is 1. The molecular formula is C19H17ClN2O2S. The third-order valence-electron chi connectivity index (χ3n) is 3.96. The van der Waals surface area contributed by atoms with Crippen molar-refractivity contribution in [2.24, 2.45) is 0 Å². The Balaban J connectivity index is 1.74. The zero-order valence-corrected chi connectivity index (χ0v) is 15.3. The molecule has 0 aromatic heterocycles. The number of ether oxygens (including phenoxy) is 1. The first-order chi connectivity index (χ1) is 12.1. The lowest BCUT2D eigenvalue weighted by Crippen LogP contribution is -2.36. The van der Waals surface area contributed by atoms with Crippen molar-refractivity contribution in [2.75, 3.05) is 18.1 Å². The molecule has 1 aliphatic heterocycles. The van der Waals surface area contributed by atoms with Crippen molar-refractivity contribution in [3.63, 3.8) is 0 Å². The van der Waals surface area contributed by atoms with Crippen LogP contribution in [0, 0.1) is 11.3 Å². The first kappa shape index (κ1) is 17.7. The molecule has 1 heterocycles. The van der Waals surface area contributed by atoms with E-state index in [1.165, 1.54) is 6.07 Å². The first-order valence-electron chi connectivity index (χ1n) is 7.97. The second-order valence-electron chi connectivity index (χ2n) is 5.78. The number of nitrogens with zero attached hydrogens (tertiary/aromatic N) is 2. The number of halogens is 1. The topological polar surface area (TPSA) is 53.3 Å². The van der Waals surface area contributed by atoms with E-state index in [2.05, 4.69) is 6.92 Å². The SMILES string of the molecule is C[C@H]1CCN(C(=O)COc2ccc(C#N)cc2Cl)c2ccccc2S1. The number of para-hydroxylation sites is 1. The molecular weight excluding hydrogens is 356 g/mol. The van der Waals surface area contributed by atoms with E-state index in [0.29, 0.717) is 28.1 Å². The van der Waals surface area contributed by atoms with Gasteiger partial charge in [-0.15, -0.1) is 11.8 Å². The van der Waals surface area contributed by atoms with Gasteiger partial charge in [0.2, 0.25) is 0 Å². The average molecular weight is 373 g/mol. The fourth-order valence-electron chi connectivity index (χ4n) is 2.65. The number of hydrogen-bond donors (Lipinski definition) is 0. The monoisotopic (exact) mass is 372 g/mol. The molecule has 128 valence electrons. The number of anilines is 1. The van der Waals surface area contributed by atoms with Crippen molar-refractivity contribution in [3.05, 3.63) is 53.1 Å². The van der Waals surface area contributed by atoms with Gasteiger partial charge in [0.05, 0.1) is 22.3 Å². The van der Waals surface area contributed by atoms with Crippen LogP contribution in [0.25, 0.3) is 0 Å². The second kappa shape index (κ2) is 7.81. The van der Waals surface area contributed by atoms with Crippen LogP contribution in [0.4, 0.5) is 5.69 Å². The van der Waals surface area contributed by atoms with Crippen LogP contribution in [0.5, 0.6) is 5.75 Å². The van der Waals surface area contributed by atoms with Crippen molar-refractivity contribution in [1.29, 1.82) is 5.26 Å². The minimum absolute atomic E-state index is 0.0982. The van der Waals surface area contributed by atoms with E-state index in [9.17, 15) is 4.79 Å². The number of hydrogen-bond acceptors (Lipinski definition) is 4. The Morgan fingerprint density at radius 3 is 2.96 bits per heavy atom.